The summed E-state index contributed by atoms with van der Waals surface area (Å²) in [5, 5.41) is 3.07. The van der Waals surface area contributed by atoms with Crippen LogP contribution in [0.3, 0.4) is 0 Å². The SMILES string of the molecule is Cc1ccc2c(c1)C1C(=O)N(C)C(=O)C1C21NC(=O)c2ccccc21. The summed E-state index contributed by atoms with van der Waals surface area (Å²) >= 11 is 0. The van der Waals surface area contributed by atoms with Gasteiger partial charge in [0.25, 0.3) is 5.91 Å². The molecule has 2 heterocycles. The second-order valence-electron chi connectivity index (χ2n) is 7.09. The molecule has 5 heteroatoms. The van der Waals surface area contributed by atoms with Gasteiger partial charge in [0.05, 0.1) is 11.8 Å². The molecule has 3 unspecified atom stereocenters. The lowest BCUT2D eigenvalue weighted by atomic mass is 9.76. The van der Waals surface area contributed by atoms with Crippen LogP contribution in [0, 0.1) is 12.8 Å². The first kappa shape index (κ1) is 14.4. The smallest absolute Gasteiger partial charge is 0.252 e. The number of rotatable bonds is 0. The summed E-state index contributed by atoms with van der Waals surface area (Å²) in [4.78, 5) is 39.6. The van der Waals surface area contributed by atoms with E-state index in [0.29, 0.717) is 5.56 Å². The molecule has 25 heavy (non-hydrogen) atoms. The van der Waals surface area contributed by atoms with Crippen molar-refractivity contribution in [1.82, 2.24) is 10.2 Å². The lowest BCUT2D eigenvalue weighted by Gasteiger charge is -2.32. The number of aryl methyl sites for hydroxylation is 1. The van der Waals surface area contributed by atoms with Crippen molar-refractivity contribution < 1.29 is 14.4 Å². The van der Waals surface area contributed by atoms with Crippen molar-refractivity contribution in [1.29, 1.82) is 0 Å². The van der Waals surface area contributed by atoms with Crippen molar-refractivity contribution in [2.75, 3.05) is 7.05 Å². The molecule has 1 N–H and O–H groups in total. The van der Waals surface area contributed by atoms with E-state index in [2.05, 4.69) is 5.32 Å². The molecule has 1 spiro atoms. The van der Waals surface area contributed by atoms with Gasteiger partial charge in [-0.15, -0.1) is 0 Å². The predicted molar refractivity (Wildman–Crippen MR) is 89.9 cm³/mol. The standard InChI is InChI=1S/C20H16N2O3/c1-10-7-8-14-12(9-10)15-16(19(25)22(2)18(15)24)20(14)13-6-4-3-5-11(13)17(23)21-20/h3-9,15-16H,1-2H3,(H,21,23). The Kier molecular flexibility index (Phi) is 2.51. The first-order chi connectivity index (χ1) is 12.0. The second-order valence-corrected chi connectivity index (χ2v) is 7.09. The van der Waals surface area contributed by atoms with Crippen molar-refractivity contribution in [3.63, 3.8) is 0 Å². The maximum absolute atomic E-state index is 13.0. The fraction of sp³-hybridized carbons (Fsp3) is 0.250. The fourth-order valence-electron chi connectivity index (χ4n) is 4.82. The maximum Gasteiger partial charge on any atom is 0.252 e. The number of hydrogen-bond donors (Lipinski definition) is 1. The van der Waals surface area contributed by atoms with Crippen molar-refractivity contribution in [3.8, 4) is 0 Å². The molecule has 3 atom stereocenters. The van der Waals surface area contributed by atoms with Crippen LogP contribution in [-0.4, -0.2) is 29.7 Å². The topological polar surface area (TPSA) is 66.5 Å². The van der Waals surface area contributed by atoms with Crippen LogP contribution in [0.15, 0.2) is 42.5 Å². The van der Waals surface area contributed by atoms with Gasteiger partial charge < -0.3 is 5.32 Å². The Balaban J connectivity index is 1.89. The van der Waals surface area contributed by atoms with E-state index < -0.39 is 17.4 Å². The zero-order valence-electron chi connectivity index (χ0n) is 13.9. The monoisotopic (exact) mass is 332 g/mol. The normalized spacial score (nSPS) is 29.0. The number of nitrogens with zero attached hydrogens (tertiary/aromatic N) is 1. The van der Waals surface area contributed by atoms with E-state index >= 15 is 0 Å². The molecule has 5 nitrogen and oxygen atoms in total. The van der Waals surface area contributed by atoms with Crippen LogP contribution in [0.25, 0.3) is 0 Å². The minimum atomic E-state index is -0.959. The lowest BCUT2D eigenvalue weighted by molar-refractivity contribution is -0.138. The van der Waals surface area contributed by atoms with Gasteiger partial charge in [-0.25, -0.2) is 0 Å². The van der Waals surface area contributed by atoms with E-state index in [9.17, 15) is 14.4 Å². The number of imide groups is 1. The molecular formula is C20H16N2O3. The van der Waals surface area contributed by atoms with Gasteiger partial charge in [0, 0.05) is 12.6 Å². The molecule has 1 fully saturated rings. The summed E-state index contributed by atoms with van der Waals surface area (Å²) in [7, 11) is 1.52. The van der Waals surface area contributed by atoms with E-state index in [1.807, 2.05) is 43.3 Å². The van der Waals surface area contributed by atoms with Crippen molar-refractivity contribution in [2.45, 2.75) is 18.4 Å². The Bertz CT molecular complexity index is 996. The van der Waals surface area contributed by atoms with Crippen LogP contribution in [0.4, 0.5) is 0 Å². The number of amides is 3. The third kappa shape index (κ3) is 1.47. The van der Waals surface area contributed by atoms with E-state index in [-0.39, 0.29) is 17.7 Å². The summed E-state index contributed by atoms with van der Waals surface area (Å²) in [5.41, 5.74) is 3.14. The quantitative estimate of drug-likeness (QED) is 0.747. The third-order valence-electron chi connectivity index (χ3n) is 5.87. The average Bonchev–Trinajstić information content (AvgIpc) is 3.14. The Hall–Kier alpha value is -2.95. The highest BCUT2D eigenvalue weighted by Gasteiger charge is 2.66. The number of carbonyl (C=O) groups is 3. The largest absolute Gasteiger partial charge is 0.337 e. The highest BCUT2D eigenvalue weighted by atomic mass is 16.2. The van der Waals surface area contributed by atoms with Gasteiger partial charge in [0.1, 0.15) is 5.54 Å². The number of likely N-dealkylation sites (tertiary alicyclic amines) is 1. The first-order valence-corrected chi connectivity index (χ1v) is 8.31. The molecule has 0 saturated carbocycles. The Labute approximate surface area is 144 Å². The number of fused-ring (bicyclic) bond motifs is 7. The highest BCUT2D eigenvalue weighted by Crippen LogP contribution is 2.58. The molecule has 2 aromatic rings. The van der Waals surface area contributed by atoms with Crippen LogP contribution in [0.2, 0.25) is 0 Å². The maximum atomic E-state index is 13.0. The van der Waals surface area contributed by atoms with Crippen molar-refractivity contribution in [3.05, 3.63) is 70.3 Å². The van der Waals surface area contributed by atoms with Crippen LogP contribution in [0.1, 0.15) is 38.5 Å². The number of nitrogens with one attached hydrogen (secondary N) is 1. The zero-order valence-corrected chi connectivity index (χ0v) is 13.9. The fourth-order valence-corrected chi connectivity index (χ4v) is 4.82. The summed E-state index contributed by atoms with van der Waals surface area (Å²) in [5.74, 6) is -1.80. The van der Waals surface area contributed by atoms with Gasteiger partial charge in [-0.05, 0) is 29.7 Å². The van der Waals surface area contributed by atoms with Gasteiger partial charge in [0.15, 0.2) is 0 Å². The average molecular weight is 332 g/mol. The molecule has 3 aliphatic rings. The molecule has 0 radical (unpaired) electrons. The van der Waals surface area contributed by atoms with Crippen LogP contribution >= 0.6 is 0 Å². The number of benzene rings is 2. The molecular weight excluding hydrogens is 316 g/mol. The van der Waals surface area contributed by atoms with E-state index in [4.69, 9.17) is 0 Å². The van der Waals surface area contributed by atoms with Gasteiger partial charge in [0.2, 0.25) is 11.8 Å². The summed E-state index contributed by atoms with van der Waals surface area (Å²) in [6.45, 7) is 1.96. The van der Waals surface area contributed by atoms with Gasteiger partial charge in [-0.2, -0.15) is 0 Å². The Morgan fingerprint density at radius 2 is 1.76 bits per heavy atom. The van der Waals surface area contributed by atoms with E-state index in [1.165, 1.54) is 11.9 Å². The Morgan fingerprint density at radius 3 is 2.56 bits per heavy atom. The summed E-state index contributed by atoms with van der Waals surface area (Å²) < 4.78 is 0. The van der Waals surface area contributed by atoms with E-state index in [0.717, 1.165) is 22.3 Å². The van der Waals surface area contributed by atoms with Crippen LogP contribution in [-0.2, 0) is 15.1 Å². The zero-order chi connectivity index (χ0) is 17.5. The highest BCUT2D eigenvalue weighted by molar-refractivity contribution is 6.12. The number of hydrogen-bond acceptors (Lipinski definition) is 3. The molecule has 1 aliphatic carbocycles. The van der Waals surface area contributed by atoms with Gasteiger partial charge in [-0.1, -0.05) is 42.0 Å². The molecule has 0 bridgehead atoms. The molecule has 2 aliphatic heterocycles. The number of likely N-dealkylation sites (N-methyl/N-ethyl adjacent to an activating group) is 1. The number of carbonyl (C=O) groups excluding carboxylic acids is 3. The third-order valence-corrected chi connectivity index (χ3v) is 5.87. The van der Waals surface area contributed by atoms with Crippen molar-refractivity contribution in [2.24, 2.45) is 5.92 Å². The first-order valence-electron chi connectivity index (χ1n) is 8.31. The van der Waals surface area contributed by atoms with Crippen LogP contribution < -0.4 is 5.32 Å². The minimum absolute atomic E-state index is 0.197. The summed E-state index contributed by atoms with van der Waals surface area (Å²) in [6, 6.07) is 13.2. The minimum Gasteiger partial charge on any atom is -0.337 e. The summed E-state index contributed by atoms with van der Waals surface area (Å²) in [6.07, 6.45) is 0. The molecule has 0 aromatic heterocycles. The Morgan fingerprint density at radius 1 is 1.00 bits per heavy atom. The van der Waals surface area contributed by atoms with E-state index in [1.54, 1.807) is 6.07 Å². The molecule has 1 saturated heterocycles. The van der Waals surface area contributed by atoms with Crippen LogP contribution in [0.5, 0.6) is 0 Å². The van der Waals surface area contributed by atoms with Gasteiger partial charge in [-0.3, -0.25) is 19.3 Å². The molecule has 124 valence electrons. The van der Waals surface area contributed by atoms with Gasteiger partial charge >= 0.3 is 0 Å². The molecule has 3 amide bonds. The van der Waals surface area contributed by atoms with Crippen molar-refractivity contribution >= 4 is 17.7 Å². The molecule has 2 aromatic carbocycles. The second kappa shape index (κ2) is 4.36. The predicted octanol–water partition coefficient (Wildman–Crippen LogP) is 1.69. The lowest BCUT2D eigenvalue weighted by Crippen LogP contribution is -2.48. The molecule has 5 rings (SSSR count).